The van der Waals surface area contributed by atoms with Crippen molar-refractivity contribution in [1.29, 1.82) is 0 Å². The highest BCUT2D eigenvalue weighted by atomic mass is 15.0. The van der Waals surface area contributed by atoms with E-state index in [4.69, 9.17) is 4.98 Å². The van der Waals surface area contributed by atoms with E-state index in [9.17, 15) is 0 Å². The van der Waals surface area contributed by atoms with E-state index < -0.39 is 0 Å². The molecule has 0 aliphatic heterocycles. The second-order valence-corrected chi connectivity index (χ2v) is 12.0. The smallest absolute Gasteiger partial charge is 0.145 e. The summed E-state index contributed by atoms with van der Waals surface area (Å²) in [7, 11) is 0. The van der Waals surface area contributed by atoms with Gasteiger partial charge in [0.25, 0.3) is 0 Å². The standard InChI is InChI=1S/C43H26N2/c1-2-10-31(11-3-1)45-40-24-19-30(26-39(40)38-14-7-25-44-43(38)45)32-22-23-35(34-13-5-4-12-33(32)34)36-20-17-29-16-15-27-8-6-9-28-18-21-37(36)42(29)41(27)28/h1-26H. The summed E-state index contributed by atoms with van der Waals surface area (Å²) in [6.07, 6.45) is 1.88. The van der Waals surface area contributed by atoms with Gasteiger partial charge in [0.05, 0.1) is 5.52 Å². The third kappa shape index (κ3) is 3.48. The highest BCUT2D eigenvalue weighted by Crippen LogP contribution is 2.43. The summed E-state index contributed by atoms with van der Waals surface area (Å²) in [6, 6.07) is 55.4. The lowest BCUT2D eigenvalue weighted by atomic mass is 9.87. The minimum absolute atomic E-state index is 0.977. The Hall–Kier alpha value is -5.99. The maximum atomic E-state index is 4.81. The third-order valence-corrected chi connectivity index (χ3v) is 9.59. The first-order chi connectivity index (χ1) is 22.3. The van der Waals surface area contributed by atoms with Crippen LogP contribution in [0.25, 0.3) is 93.0 Å². The Morgan fingerprint density at radius 3 is 1.89 bits per heavy atom. The van der Waals surface area contributed by atoms with Gasteiger partial charge in [0.2, 0.25) is 0 Å². The van der Waals surface area contributed by atoms with Crippen LogP contribution in [0, 0.1) is 0 Å². The van der Waals surface area contributed by atoms with Gasteiger partial charge in [-0.2, -0.15) is 0 Å². The van der Waals surface area contributed by atoms with Crippen LogP contribution in [0.3, 0.4) is 0 Å². The number of para-hydroxylation sites is 1. The first-order valence-electron chi connectivity index (χ1n) is 15.5. The molecule has 0 N–H and O–H groups in total. The Bertz CT molecular complexity index is 2740. The predicted molar refractivity (Wildman–Crippen MR) is 191 cm³/mol. The number of hydrogen-bond acceptors (Lipinski definition) is 1. The first-order valence-corrected chi connectivity index (χ1v) is 15.5. The summed E-state index contributed by atoms with van der Waals surface area (Å²) in [5.74, 6) is 0. The molecular formula is C43H26N2. The van der Waals surface area contributed by atoms with Gasteiger partial charge in [-0.1, -0.05) is 115 Å². The van der Waals surface area contributed by atoms with Crippen molar-refractivity contribution in [3.05, 3.63) is 158 Å². The molecule has 0 aliphatic carbocycles. The fraction of sp³-hybridized carbons (Fsp3) is 0. The molecule has 2 aromatic heterocycles. The summed E-state index contributed by atoms with van der Waals surface area (Å²) in [5, 5.41) is 12.8. The number of pyridine rings is 1. The average Bonchev–Trinajstić information content (AvgIpc) is 3.44. The molecule has 2 nitrogen and oxygen atoms in total. The van der Waals surface area contributed by atoms with Crippen molar-refractivity contribution < 1.29 is 0 Å². The molecule has 0 radical (unpaired) electrons. The van der Waals surface area contributed by atoms with Crippen molar-refractivity contribution >= 4 is 65.0 Å². The SMILES string of the molecule is c1ccc(-n2c3ccc(-c4ccc(-c5ccc6ccc7cccc8ccc5c6c78)c5ccccc45)cc3c3cccnc32)cc1. The summed E-state index contributed by atoms with van der Waals surface area (Å²) >= 11 is 0. The molecule has 2 heteroatoms. The summed E-state index contributed by atoms with van der Waals surface area (Å²) in [5.41, 5.74) is 8.23. The molecule has 0 atom stereocenters. The number of aromatic nitrogens is 2. The van der Waals surface area contributed by atoms with E-state index in [2.05, 4.69) is 150 Å². The Labute approximate surface area is 259 Å². The molecule has 45 heavy (non-hydrogen) atoms. The molecule has 0 fully saturated rings. The lowest BCUT2D eigenvalue weighted by molar-refractivity contribution is 1.14. The van der Waals surface area contributed by atoms with Crippen LogP contribution in [0.5, 0.6) is 0 Å². The zero-order valence-electron chi connectivity index (χ0n) is 24.4. The lowest BCUT2D eigenvalue weighted by Crippen LogP contribution is -1.94. The van der Waals surface area contributed by atoms with Crippen molar-refractivity contribution in [3.63, 3.8) is 0 Å². The normalized spacial score (nSPS) is 12.0. The largest absolute Gasteiger partial charge is 0.294 e. The predicted octanol–water partition coefficient (Wildman–Crippen LogP) is 11.6. The molecule has 0 amide bonds. The van der Waals surface area contributed by atoms with E-state index in [1.807, 2.05) is 12.3 Å². The monoisotopic (exact) mass is 570 g/mol. The maximum Gasteiger partial charge on any atom is 0.145 e. The van der Waals surface area contributed by atoms with Gasteiger partial charge < -0.3 is 0 Å². The van der Waals surface area contributed by atoms with Gasteiger partial charge in [-0.25, -0.2) is 4.98 Å². The number of benzene rings is 8. The van der Waals surface area contributed by atoms with Crippen LogP contribution in [0.2, 0.25) is 0 Å². The molecule has 0 aliphatic rings. The van der Waals surface area contributed by atoms with Crippen LogP contribution in [0.1, 0.15) is 0 Å². The Balaban J connectivity index is 1.20. The molecule has 0 unspecified atom stereocenters. The Morgan fingerprint density at radius 1 is 0.400 bits per heavy atom. The van der Waals surface area contributed by atoms with Crippen LogP contribution in [-0.2, 0) is 0 Å². The average molecular weight is 571 g/mol. The zero-order valence-corrected chi connectivity index (χ0v) is 24.4. The van der Waals surface area contributed by atoms with Gasteiger partial charge >= 0.3 is 0 Å². The van der Waals surface area contributed by atoms with E-state index >= 15 is 0 Å². The minimum atomic E-state index is 0.977. The molecular weight excluding hydrogens is 544 g/mol. The van der Waals surface area contributed by atoms with E-state index in [1.54, 1.807) is 0 Å². The fourth-order valence-corrected chi connectivity index (χ4v) is 7.61. The van der Waals surface area contributed by atoms with Gasteiger partial charge in [-0.15, -0.1) is 0 Å². The molecule has 0 spiro atoms. The van der Waals surface area contributed by atoms with Crippen LogP contribution in [-0.4, -0.2) is 9.55 Å². The number of hydrogen-bond donors (Lipinski definition) is 0. The molecule has 8 aromatic carbocycles. The number of fused-ring (bicyclic) bond motifs is 4. The third-order valence-electron chi connectivity index (χ3n) is 9.59. The molecule has 0 saturated heterocycles. The molecule has 10 aromatic rings. The maximum absolute atomic E-state index is 4.81. The van der Waals surface area contributed by atoms with Crippen molar-refractivity contribution in [1.82, 2.24) is 9.55 Å². The van der Waals surface area contributed by atoms with Gasteiger partial charge in [-0.3, -0.25) is 4.57 Å². The zero-order chi connectivity index (χ0) is 29.5. The second kappa shape index (κ2) is 9.25. The van der Waals surface area contributed by atoms with Gasteiger partial charge in [0.1, 0.15) is 5.65 Å². The fourth-order valence-electron chi connectivity index (χ4n) is 7.61. The number of nitrogens with zero attached hydrogens (tertiary/aromatic N) is 2. The van der Waals surface area contributed by atoms with E-state index in [-0.39, 0.29) is 0 Å². The summed E-state index contributed by atoms with van der Waals surface area (Å²) < 4.78 is 2.27. The van der Waals surface area contributed by atoms with Crippen molar-refractivity contribution in [3.8, 4) is 27.9 Å². The van der Waals surface area contributed by atoms with Crippen LogP contribution >= 0.6 is 0 Å². The molecule has 0 saturated carbocycles. The Kier molecular flexibility index (Phi) is 5.03. The van der Waals surface area contributed by atoms with E-state index in [1.165, 1.54) is 70.7 Å². The first kappa shape index (κ1) is 24.5. The number of rotatable bonds is 3. The highest BCUT2D eigenvalue weighted by molar-refractivity contribution is 6.26. The van der Waals surface area contributed by atoms with E-state index in [0.717, 1.165) is 22.2 Å². The highest BCUT2D eigenvalue weighted by Gasteiger charge is 2.17. The minimum Gasteiger partial charge on any atom is -0.294 e. The lowest BCUT2D eigenvalue weighted by Gasteiger charge is -2.17. The van der Waals surface area contributed by atoms with Crippen molar-refractivity contribution in [2.75, 3.05) is 0 Å². The van der Waals surface area contributed by atoms with Crippen molar-refractivity contribution in [2.24, 2.45) is 0 Å². The van der Waals surface area contributed by atoms with Gasteiger partial charge in [0.15, 0.2) is 0 Å². The van der Waals surface area contributed by atoms with Crippen LogP contribution in [0.4, 0.5) is 0 Å². The molecule has 10 rings (SSSR count). The molecule has 0 bridgehead atoms. The second-order valence-electron chi connectivity index (χ2n) is 12.0. The molecule has 2 heterocycles. The topological polar surface area (TPSA) is 17.8 Å². The van der Waals surface area contributed by atoms with Crippen molar-refractivity contribution in [2.45, 2.75) is 0 Å². The van der Waals surface area contributed by atoms with E-state index in [0.29, 0.717) is 0 Å². The summed E-state index contributed by atoms with van der Waals surface area (Å²) in [6.45, 7) is 0. The van der Waals surface area contributed by atoms with Crippen LogP contribution in [0.15, 0.2) is 158 Å². The van der Waals surface area contributed by atoms with Crippen LogP contribution < -0.4 is 0 Å². The quantitative estimate of drug-likeness (QED) is 0.193. The Morgan fingerprint density at radius 2 is 1.04 bits per heavy atom. The van der Waals surface area contributed by atoms with Gasteiger partial charge in [0, 0.05) is 22.7 Å². The summed E-state index contributed by atoms with van der Waals surface area (Å²) in [4.78, 5) is 4.81. The van der Waals surface area contributed by atoms with Gasteiger partial charge in [-0.05, 0) is 102 Å². The molecule has 208 valence electrons.